The van der Waals surface area contributed by atoms with E-state index >= 15 is 0 Å². The van der Waals surface area contributed by atoms with E-state index in [2.05, 4.69) is 15.4 Å². The molecule has 4 nitrogen and oxygen atoms in total. The Balaban J connectivity index is 2.12. The SMILES string of the molecule is Cc1ccc(-c2nc3c(c(NN)n2)CSC3)cc1F. The summed E-state index contributed by atoms with van der Waals surface area (Å²) in [4.78, 5) is 8.89. The van der Waals surface area contributed by atoms with Crippen LogP contribution in [0.5, 0.6) is 0 Å². The molecule has 3 rings (SSSR count). The summed E-state index contributed by atoms with van der Waals surface area (Å²) in [7, 11) is 0. The Bertz CT molecular complexity index is 645. The molecule has 6 heteroatoms. The van der Waals surface area contributed by atoms with Gasteiger partial charge in [-0.25, -0.2) is 20.2 Å². The van der Waals surface area contributed by atoms with Crippen LogP contribution in [0.15, 0.2) is 18.2 Å². The lowest BCUT2D eigenvalue weighted by Gasteiger charge is -2.09. The van der Waals surface area contributed by atoms with Gasteiger partial charge in [-0.05, 0) is 18.6 Å². The highest BCUT2D eigenvalue weighted by Gasteiger charge is 2.20. The molecule has 0 spiro atoms. The van der Waals surface area contributed by atoms with Gasteiger partial charge in [0.1, 0.15) is 11.6 Å². The number of anilines is 1. The van der Waals surface area contributed by atoms with E-state index in [9.17, 15) is 4.39 Å². The third-order valence-electron chi connectivity index (χ3n) is 3.14. The van der Waals surface area contributed by atoms with Crippen molar-refractivity contribution in [2.45, 2.75) is 18.4 Å². The minimum absolute atomic E-state index is 0.252. The first-order valence-electron chi connectivity index (χ1n) is 5.89. The summed E-state index contributed by atoms with van der Waals surface area (Å²) in [6.45, 7) is 1.73. The second-order valence-corrected chi connectivity index (χ2v) is 5.41. The molecule has 1 aromatic carbocycles. The number of nitrogens with one attached hydrogen (secondary N) is 1. The summed E-state index contributed by atoms with van der Waals surface area (Å²) >= 11 is 1.77. The minimum atomic E-state index is -0.252. The van der Waals surface area contributed by atoms with Crippen LogP contribution >= 0.6 is 11.8 Å². The Morgan fingerprint density at radius 1 is 1.32 bits per heavy atom. The minimum Gasteiger partial charge on any atom is -0.308 e. The summed E-state index contributed by atoms with van der Waals surface area (Å²) in [5, 5.41) is 0. The zero-order valence-corrected chi connectivity index (χ0v) is 11.2. The number of nitrogen functional groups attached to an aromatic ring is 1. The van der Waals surface area contributed by atoms with Crippen molar-refractivity contribution < 1.29 is 4.39 Å². The highest BCUT2D eigenvalue weighted by Crippen LogP contribution is 2.34. The lowest BCUT2D eigenvalue weighted by atomic mass is 10.1. The number of halogens is 1. The number of rotatable bonds is 2. The molecule has 0 unspecified atom stereocenters. The number of nitrogens with two attached hydrogens (primary N) is 1. The average Bonchev–Trinajstić information content (AvgIpc) is 2.89. The molecule has 0 saturated heterocycles. The molecule has 0 aliphatic carbocycles. The maximum absolute atomic E-state index is 13.6. The molecule has 3 N–H and O–H groups in total. The van der Waals surface area contributed by atoms with E-state index in [-0.39, 0.29) is 5.82 Å². The Morgan fingerprint density at radius 3 is 2.89 bits per heavy atom. The first-order valence-corrected chi connectivity index (χ1v) is 7.05. The lowest BCUT2D eigenvalue weighted by molar-refractivity contribution is 0.619. The summed E-state index contributed by atoms with van der Waals surface area (Å²) in [6.07, 6.45) is 0. The van der Waals surface area contributed by atoms with Gasteiger partial charge >= 0.3 is 0 Å². The number of hydrazine groups is 1. The Labute approximate surface area is 114 Å². The zero-order chi connectivity index (χ0) is 13.4. The molecule has 0 bridgehead atoms. The maximum Gasteiger partial charge on any atom is 0.161 e. The second-order valence-electron chi connectivity index (χ2n) is 4.42. The quantitative estimate of drug-likeness (QED) is 0.652. The molecule has 1 aliphatic rings. The normalized spacial score (nSPS) is 13.4. The number of hydrogen-bond donors (Lipinski definition) is 2. The van der Waals surface area contributed by atoms with Gasteiger partial charge in [0.05, 0.1) is 5.69 Å². The molecule has 98 valence electrons. The monoisotopic (exact) mass is 276 g/mol. The van der Waals surface area contributed by atoms with Gasteiger partial charge in [0, 0.05) is 22.6 Å². The van der Waals surface area contributed by atoms with E-state index in [1.807, 2.05) is 6.07 Å². The van der Waals surface area contributed by atoms with Crippen molar-refractivity contribution >= 4 is 17.6 Å². The van der Waals surface area contributed by atoms with Crippen LogP contribution in [0.4, 0.5) is 10.2 Å². The molecule has 0 amide bonds. The predicted octanol–water partition coefficient (Wildman–Crippen LogP) is 2.62. The van der Waals surface area contributed by atoms with Gasteiger partial charge in [0.15, 0.2) is 5.82 Å². The Hall–Kier alpha value is -1.66. The Morgan fingerprint density at radius 2 is 2.16 bits per heavy atom. The van der Waals surface area contributed by atoms with Crippen LogP contribution in [0.25, 0.3) is 11.4 Å². The summed E-state index contributed by atoms with van der Waals surface area (Å²) in [5.74, 6) is 8.09. The van der Waals surface area contributed by atoms with Crippen molar-refractivity contribution in [1.29, 1.82) is 0 Å². The van der Waals surface area contributed by atoms with Crippen LogP contribution in [-0.4, -0.2) is 9.97 Å². The number of nitrogens with zero attached hydrogens (tertiary/aromatic N) is 2. The second kappa shape index (κ2) is 4.79. The van der Waals surface area contributed by atoms with Crippen molar-refractivity contribution in [3.05, 3.63) is 40.8 Å². The van der Waals surface area contributed by atoms with Gasteiger partial charge in [-0.3, -0.25) is 0 Å². The smallest absolute Gasteiger partial charge is 0.161 e. The molecule has 1 aliphatic heterocycles. The first-order chi connectivity index (χ1) is 9.19. The lowest BCUT2D eigenvalue weighted by Crippen LogP contribution is -2.12. The van der Waals surface area contributed by atoms with E-state index in [0.717, 1.165) is 22.8 Å². The van der Waals surface area contributed by atoms with Crippen LogP contribution < -0.4 is 11.3 Å². The number of thioether (sulfide) groups is 1. The molecule has 0 fully saturated rings. The summed E-state index contributed by atoms with van der Waals surface area (Å²) < 4.78 is 13.6. The van der Waals surface area contributed by atoms with Gasteiger partial charge in [0.25, 0.3) is 0 Å². The molecule has 0 radical (unpaired) electrons. The number of aryl methyl sites for hydroxylation is 1. The zero-order valence-electron chi connectivity index (χ0n) is 10.4. The fourth-order valence-corrected chi connectivity index (χ4v) is 3.07. The number of benzene rings is 1. The molecule has 0 atom stereocenters. The molecular weight excluding hydrogens is 263 g/mol. The average molecular weight is 276 g/mol. The number of hydrogen-bond acceptors (Lipinski definition) is 5. The van der Waals surface area contributed by atoms with E-state index < -0.39 is 0 Å². The number of aromatic nitrogens is 2. The molecular formula is C13H13FN4S. The molecule has 0 saturated carbocycles. The van der Waals surface area contributed by atoms with Crippen molar-refractivity contribution in [2.75, 3.05) is 5.43 Å². The van der Waals surface area contributed by atoms with E-state index in [0.29, 0.717) is 22.8 Å². The van der Waals surface area contributed by atoms with Crippen molar-refractivity contribution in [3.8, 4) is 11.4 Å². The van der Waals surface area contributed by atoms with Crippen molar-refractivity contribution in [3.63, 3.8) is 0 Å². The van der Waals surface area contributed by atoms with Gasteiger partial charge in [-0.2, -0.15) is 11.8 Å². The largest absolute Gasteiger partial charge is 0.308 e. The van der Waals surface area contributed by atoms with Crippen LogP contribution in [0.2, 0.25) is 0 Å². The third-order valence-corrected chi connectivity index (χ3v) is 4.12. The predicted molar refractivity (Wildman–Crippen MR) is 75.0 cm³/mol. The van der Waals surface area contributed by atoms with Crippen LogP contribution in [0.3, 0.4) is 0 Å². The molecule has 2 heterocycles. The van der Waals surface area contributed by atoms with Crippen molar-refractivity contribution in [1.82, 2.24) is 9.97 Å². The highest BCUT2D eigenvalue weighted by molar-refractivity contribution is 7.98. The molecule has 19 heavy (non-hydrogen) atoms. The van der Waals surface area contributed by atoms with E-state index in [4.69, 9.17) is 5.84 Å². The topological polar surface area (TPSA) is 63.8 Å². The number of fused-ring (bicyclic) bond motifs is 1. The Kier molecular flexibility index (Phi) is 3.12. The third kappa shape index (κ3) is 2.17. The van der Waals surface area contributed by atoms with Gasteiger partial charge in [0.2, 0.25) is 0 Å². The maximum atomic E-state index is 13.6. The van der Waals surface area contributed by atoms with Gasteiger partial charge in [-0.1, -0.05) is 12.1 Å². The fraction of sp³-hybridized carbons (Fsp3) is 0.231. The standard InChI is InChI=1S/C13H13FN4S/c1-7-2-3-8(4-10(7)14)12-16-11-6-19-5-9(11)13(17-12)18-15/h2-4H,5-6,15H2,1H3,(H,16,17,18). The van der Waals surface area contributed by atoms with E-state index in [1.54, 1.807) is 24.8 Å². The summed E-state index contributed by atoms with van der Waals surface area (Å²) in [6, 6.07) is 5.01. The summed E-state index contributed by atoms with van der Waals surface area (Å²) in [5.41, 5.74) is 5.90. The van der Waals surface area contributed by atoms with Gasteiger partial charge in [-0.15, -0.1) is 0 Å². The first kappa shape index (κ1) is 12.4. The van der Waals surface area contributed by atoms with Crippen LogP contribution in [0, 0.1) is 12.7 Å². The van der Waals surface area contributed by atoms with Crippen LogP contribution in [-0.2, 0) is 11.5 Å². The molecule has 2 aromatic rings. The van der Waals surface area contributed by atoms with Gasteiger partial charge < -0.3 is 5.43 Å². The highest BCUT2D eigenvalue weighted by atomic mass is 32.2. The van der Waals surface area contributed by atoms with E-state index in [1.165, 1.54) is 6.07 Å². The molecule has 1 aromatic heterocycles. The van der Waals surface area contributed by atoms with Crippen molar-refractivity contribution in [2.24, 2.45) is 5.84 Å². The van der Waals surface area contributed by atoms with Crippen LogP contribution in [0.1, 0.15) is 16.8 Å². The fourth-order valence-electron chi connectivity index (χ4n) is 2.03.